The molecule has 3 atom stereocenters. The van der Waals surface area contributed by atoms with Gasteiger partial charge in [0, 0.05) is 40.8 Å². The number of nitrogens with zero attached hydrogens (tertiary/aromatic N) is 1. The van der Waals surface area contributed by atoms with Gasteiger partial charge in [0.05, 0.1) is 7.11 Å². The molecule has 1 aliphatic heterocycles. The molecule has 1 heterocycles. The van der Waals surface area contributed by atoms with E-state index in [1.54, 1.807) is 0 Å². The molecular formula is C11H21NO3S. The van der Waals surface area contributed by atoms with Crippen molar-refractivity contribution in [1.29, 1.82) is 0 Å². The highest BCUT2D eigenvalue weighted by Gasteiger charge is 2.29. The van der Waals surface area contributed by atoms with Gasteiger partial charge in [0.1, 0.15) is 0 Å². The van der Waals surface area contributed by atoms with Crippen LogP contribution in [0.4, 0.5) is 0 Å². The average Bonchev–Trinajstić information content (AvgIpc) is 2.29. The molecular weight excluding hydrogens is 226 g/mol. The molecule has 4 nitrogen and oxygen atoms in total. The summed E-state index contributed by atoms with van der Waals surface area (Å²) in [6.45, 7) is 5.91. The molecule has 94 valence electrons. The molecule has 0 amide bonds. The Morgan fingerprint density at radius 1 is 1.50 bits per heavy atom. The van der Waals surface area contributed by atoms with Crippen LogP contribution < -0.4 is 0 Å². The number of hydrogen-bond acceptors (Lipinski definition) is 4. The Labute approximate surface area is 99.8 Å². The standard InChI is InChI=1S/C11H21NO3S/c1-9-10(2)16(14)8-7-12(9)6-4-5-11(13)15-3/h9-10H,4-8H2,1-3H3/t9-,10-,16+/m1/s1. The van der Waals surface area contributed by atoms with Gasteiger partial charge >= 0.3 is 5.97 Å². The predicted octanol–water partition coefficient (Wildman–Crippen LogP) is 0.781. The Bertz CT molecular complexity index is 270. The van der Waals surface area contributed by atoms with E-state index in [9.17, 15) is 9.00 Å². The number of methoxy groups -OCH3 is 1. The maximum absolute atomic E-state index is 11.6. The molecule has 5 heteroatoms. The fraction of sp³-hybridized carbons (Fsp3) is 0.909. The maximum Gasteiger partial charge on any atom is 0.305 e. The van der Waals surface area contributed by atoms with Gasteiger partial charge in [0.25, 0.3) is 0 Å². The van der Waals surface area contributed by atoms with Crippen LogP contribution in [0.15, 0.2) is 0 Å². The molecule has 1 fully saturated rings. The van der Waals surface area contributed by atoms with Crippen molar-refractivity contribution in [1.82, 2.24) is 4.90 Å². The van der Waals surface area contributed by atoms with Gasteiger partial charge < -0.3 is 4.74 Å². The van der Waals surface area contributed by atoms with Crippen molar-refractivity contribution in [3.05, 3.63) is 0 Å². The smallest absolute Gasteiger partial charge is 0.305 e. The third kappa shape index (κ3) is 3.56. The summed E-state index contributed by atoms with van der Waals surface area (Å²) in [7, 11) is 0.729. The first-order chi connectivity index (χ1) is 7.56. The van der Waals surface area contributed by atoms with Crippen molar-refractivity contribution in [2.75, 3.05) is 26.0 Å². The highest BCUT2D eigenvalue weighted by Crippen LogP contribution is 2.16. The van der Waals surface area contributed by atoms with Gasteiger partial charge in [-0.25, -0.2) is 0 Å². The van der Waals surface area contributed by atoms with Gasteiger partial charge in [0.15, 0.2) is 0 Å². The lowest BCUT2D eigenvalue weighted by Crippen LogP contribution is -2.50. The van der Waals surface area contributed by atoms with Crippen molar-refractivity contribution in [2.24, 2.45) is 0 Å². The predicted molar refractivity (Wildman–Crippen MR) is 64.8 cm³/mol. The molecule has 1 rings (SSSR count). The summed E-state index contributed by atoms with van der Waals surface area (Å²) in [5, 5.41) is 0.229. The molecule has 16 heavy (non-hydrogen) atoms. The first-order valence-electron chi connectivity index (χ1n) is 5.74. The quantitative estimate of drug-likeness (QED) is 0.689. The van der Waals surface area contributed by atoms with Crippen molar-refractivity contribution >= 4 is 16.8 Å². The number of esters is 1. The lowest BCUT2D eigenvalue weighted by molar-refractivity contribution is -0.140. The molecule has 1 saturated heterocycles. The normalized spacial score (nSPS) is 31.3. The molecule has 0 N–H and O–H groups in total. The van der Waals surface area contributed by atoms with Crippen LogP contribution in [0.2, 0.25) is 0 Å². The van der Waals surface area contributed by atoms with Crippen LogP contribution in [0, 0.1) is 0 Å². The minimum Gasteiger partial charge on any atom is -0.469 e. The SMILES string of the molecule is COC(=O)CCCN1CC[S@](=O)[C@H](C)[C@H]1C. The van der Waals surface area contributed by atoms with Gasteiger partial charge in [-0.05, 0) is 26.8 Å². The summed E-state index contributed by atoms with van der Waals surface area (Å²) < 4.78 is 16.2. The van der Waals surface area contributed by atoms with Gasteiger partial charge in [0.2, 0.25) is 0 Å². The first-order valence-corrected chi connectivity index (χ1v) is 7.12. The topological polar surface area (TPSA) is 46.6 Å². The van der Waals surface area contributed by atoms with Crippen LogP contribution in [0.5, 0.6) is 0 Å². The Morgan fingerprint density at radius 2 is 2.19 bits per heavy atom. The van der Waals surface area contributed by atoms with Crippen LogP contribution in [0.25, 0.3) is 0 Å². The third-order valence-corrected chi connectivity index (χ3v) is 5.11. The lowest BCUT2D eigenvalue weighted by Gasteiger charge is -2.37. The van der Waals surface area contributed by atoms with E-state index in [1.807, 2.05) is 6.92 Å². The number of hydrogen-bond donors (Lipinski definition) is 0. The number of rotatable bonds is 4. The number of carbonyl (C=O) groups excluding carboxylic acids is 1. The Kier molecular flexibility index (Phi) is 5.41. The van der Waals surface area contributed by atoms with E-state index < -0.39 is 10.8 Å². The second-order valence-electron chi connectivity index (χ2n) is 4.25. The lowest BCUT2D eigenvalue weighted by atomic mass is 10.2. The van der Waals surface area contributed by atoms with E-state index in [0.717, 1.165) is 25.3 Å². The monoisotopic (exact) mass is 247 g/mol. The highest BCUT2D eigenvalue weighted by atomic mass is 32.2. The Balaban J connectivity index is 2.32. The summed E-state index contributed by atoms with van der Waals surface area (Å²) in [6, 6.07) is 0.340. The minimum atomic E-state index is -0.685. The second-order valence-corrected chi connectivity index (χ2v) is 6.16. The highest BCUT2D eigenvalue weighted by molar-refractivity contribution is 7.85. The zero-order valence-electron chi connectivity index (χ0n) is 10.3. The van der Waals surface area contributed by atoms with Crippen molar-refractivity contribution in [3.8, 4) is 0 Å². The molecule has 0 unspecified atom stereocenters. The third-order valence-electron chi connectivity index (χ3n) is 3.30. The van der Waals surface area contributed by atoms with Crippen LogP contribution in [0.1, 0.15) is 26.7 Å². The Hall–Kier alpha value is -0.420. The molecule has 1 aliphatic rings. The zero-order valence-corrected chi connectivity index (χ0v) is 11.1. The molecule has 0 bridgehead atoms. The Morgan fingerprint density at radius 3 is 2.81 bits per heavy atom. The van der Waals surface area contributed by atoms with Crippen LogP contribution in [-0.4, -0.2) is 52.3 Å². The zero-order chi connectivity index (χ0) is 12.1. The second kappa shape index (κ2) is 6.35. The molecule has 0 aromatic rings. The molecule has 0 saturated carbocycles. The maximum atomic E-state index is 11.6. The average molecular weight is 247 g/mol. The van der Waals surface area contributed by atoms with Crippen molar-refractivity contribution in [2.45, 2.75) is 38.0 Å². The van der Waals surface area contributed by atoms with Crippen LogP contribution in [0.3, 0.4) is 0 Å². The number of ether oxygens (including phenoxy) is 1. The van der Waals surface area contributed by atoms with Crippen molar-refractivity contribution in [3.63, 3.8) is 0 Å². The van der Waals surface area contributed by atoms with E-state index in [1.165, 1.54) is 7.11 Å². The van der Waals surface area contributed by atoms with E-state index in [-0.39, 0.29) is 11.2 Å². The van der Waals surface area contributed by atoms with E-state index in [2.05, 4.69) is 16.6 Å². The molecule has 0 aromatic carbocycles. The van der Waals surface area contributed by atoms with Crippen LogP contribution >= 0.6 is 0 Å². The first kappa shape index (κ1) is 13.6. The van der Waals surface area contributed by atoms with Gasteiger partial charge in [-0.3, -0.25) is 13.9 Å². The summed E-state index contributed by atoms with van der Waals surface area (Å²) in [6.07, 6.45) is 1.29. The van der Waals surface area contributed by atoms with E-state index in [0.29, 0.717) is 12.5 Å². The fourth-order valence-corrected chi connectivity index (χ4v) is 3.35. The van der Waals surface area contributed by atoms with Gasteiger partial charge in [-0.15, -0.1) is 0 Å². The number of carbonyl (C=O) groups is 1. The minimum absolute atomic E-state index is 0.152. The molecule has 0 radical (unpaired) electrons. The van der Waals surface area contributed by atoms with E-state index in [4.69, 9.17) is 0 Å². The summed E-state index contributed by atoms with van der Waals surface area (Å²) in [4.78, 5) is 13.3. The van der Waals surface area contributed by atoms with E-state index >= 15 is 0 Å². The summed E-state index contributed by atoms with van der Waals surface area (Å²) >= 11 is 0. The van der Waals surface area contributed by atoms with Gasteiger partial charge in [-0.1, -0.05) is 0 Å². The van der Waals surface area contributed by atoms with Gasteiger partial charge in [-0.2, -0.15) is 0 Å². The summed E-state index contributed by atoms with van der Waals surface area (Å²) in [5.74, 6) is 0.602. The van der Waals surface area contributed by atoms with Crippen LogP contribution in [-0.2, 0) is 20.3 Å². The van der Waals surface area contributed by atoms with Crippen molar-refractivity contribution < 1.29 is 13.7 Å². The molecule has 0 aromatic heterocycles. The largest absolute Gasteiger partial charge is 0.469 e. The summed E-state index contributed by atoms with van der Waals surface area (Å²) in [5.41, 5.74) is 0. The fourth-order valence-electron chi connectivity index (χ4n) is 1.96. The molecule has 0 spiro atoms. The molecule has 0 aliphatic carbocycles.